The van der Waals surface area contributed by atoms with Crippen molar-refractivity contribution in [2.24, 2.45) is 0 Å². The van der Waals surface area contributed by atoms with E-state index in [9.17, 15) is 14.2 Å². The molecule has 2 unspecified atom stereocenters. The highest BCUT2D eigenvalue weighted by Crippen LogP contribution is 1.81. The van der Waals surface area contributed by atoms with Crippen LogP contribution in [-0.4, -0.2) is 10.1 Å². The molecule has 0 aromatic carbocycles. The molecule has 0 aromatic rings. The van der Waals surface area contributed by atoms with Gasteiger partial charge in [0.1, 0.15) is 0 Å². The Hall–Kier alpha value is -0.520. The van der Waals surface area contributed by atoms with Gasteiger partial charge in [0.25, 0.3) is 0 Å². The van der Waals surface area contributed by atoms with Crippen LogP contribution in [-0.2, 0) is 15.8 Å². The van der Waals surface area contributed by atoms with Gasteiger partial charge in [-0.1, -0.05) is 0 Å². The molecule has 0 radical (unpaired) electrons. The molecule has 8 heavy (non-hydrogen) atoms. The summed E-state index contributed by atoms with van der Waals surface area (Å²) in [7, 11) is -1.67. The smallest absolute Gasteiger partial charge is 0.351 e. The van der Waals surface area contributed by atoms with Crippen LogP contribution in [0.2, 0.25) is 0 Å². The van der Waals surface area contributed by atoms with Gasteiger partial charge in [-0.2, -0.15) is 4.21 Å². The van der Waals surface area contributed by atoms with Gasteiger partial charge in [0.15, 0.2) is 0 Å². The molecule has 0 bridgehead atoms. The molecule has 0 spiro atoms. The molecule has 2 atom stereocenters. The van der Waals surface area contributed by atoms with Gasteiger partial charge in [-0.3, -0.25) is 0 Å². The van der Waals surface area contributed by atoms with Crippen molar-refractivity contribution >= 4 is 16.9 Å². The second-order valence-corrected chi connectivity index (χ2v) is 2.49. The first-order chi connectivity index (χ1) is 3.72. The molecule has 0 saturated heterocycles. The summed E-state index contributed by atoms with van der Waals surface area (Å²) in [6.45, 7) is 0. The minimum atomic E-state index is -1.67. The van der Waals surface area contributed by atoms with Gasteiger partial charge in [-0.25, -0.2) is 9.26 Å². The number of hydrogen-bond acceptors (Lipinski definition) is 3. The predicted molar refractivity (Wildman–Crippen MR) is 26.6 cm³/mol. The molecule has 1 N–H and O–H groups in total. The van der Waals surface area contributed by atoms with E-state index in [1.165, 1.54) is 0 Å². The van der Waals surface area contributed by atoms with Crippen LogP contribution < -0.4 is 4.47 Å². The van der Waals surface area contributed by atoms with Gasteiger partial charge in [0.2, 0.25) is 11.0 Å². The number of nitrogens with one attached hydrogen (secondary N) is 1. The maximum absolute atomic E-state index is 10.2. The Bertz CT molecular complexity index is 157. The molecule has 4 nitrogen and oxygen atoms in total. The normalized spacial score (nSPS) is 36.4. The van der Waals surface area contributed by atoms with Gasteiger partial charge in [-0.15, -0.1) is 0 Å². The van der Waals surface area contributed by atoms with E-state index in [0.717, 1.165) is 11.5 Å². The van der Waals surface area contributed by atoms with Crippen LogP contribution >= 0.6 is 0 Å². The quantitative estimate of drug-likeness (QED) is 0.392. The molecular weight excluding hydrogens is 130 g/mol. The number of quaternary nitrogens is 1. The van der Waals surface area contributed by atoms with E-state index in [1.54, 1.807) is 0 Å². The van der Waals surface area contributed by atoms with E-state index in [1.807, 2.05) is 0 Å². The summed E-state index contributed by atoms with van der Waals surface area (Å²) in [4.78, 5) is 10.2. The van der Waals surface area contributed by atoms with Crippen LogP contribution in [0.5, 0.6) is 0 Å². The van der Waals surface area contributed by atoms with Crippen LogP contribution in [0.1, 0.15) is 0 Å². The maximum Gasteiger partial charge on any atom is 0.351 e. The van der Waals surface area contributed by atoms with Gasteiger partial charge >= 0.3 is 5.91 Å². The molecule has 0 fully saturated rings. The third-order valence-corrected chi connectivity index (χ3v) is 1.68. The van der Waals surface area contributed by atoms with Crippen molar-refractivity contribution in [3.8, 4) is 0 Å². The molecule has 0 aliphatic carbocycles. The molecule has 1 rings (SSSR count). The largest absolute Gasteiger partial charge is 0.612 e. The molecule has 0 aromatic heterocycles. The van der Waals surface area contributed by atoms with Crippen molar-refractivity contribution in [2.45, 2.75) is 0 Å². The van der Waals surface area contributed by atoms with Crippen molar-refractivity contribution in [3.63, 3.8) is 0 Å². The third-order valence-electron chi connectivity index (χ3n) is 0.727. The van der Waals surface area contributed by atoms with Gasteiger partial charge in [0.05, 0.1) is 11.5 Å². The number of hydroxylamine groups is 1. The second-order valence-electron chi connectivity index (χ2n) is 1.25. The summed E-state index contributed by atoms with van der Waals surface area (Å²) in [6.07, 6.45) is 1.03. The van der Waals surface area contributed by atoms with Crippen molar-refractivity contribution in [1.29, 1.82) is 0 Å². The number of carbonyl (C=O) groups excluding carboxylic acids is 1. The van der Waals surface area contributed by atoms with E-state index in [-0.39, 0.29) is 0 Å². The fraction of sp³-hybridized carbons (Fsp3) is 0. The Balaban J connectivity index is 2.84. The Morgan fingerprint density at radius 1 is 1.75 bits per heavy atom. The van der Waals surface area contributed by atoms with E-state index >= 15 is 0 Å². The topological polar surface area (TPSA) is 61.6 Å². The fourth-order valence-corrected chi connectivity index (χ4v) is 0.990. The minimum Gasteiger partial charge on any atom is -0.612 e. The average molecular weight is 133 g/mol. The van der Waals surface area contributed by atoms with E-state index in [4.69, 9.17) is 0 Å². The number of carbonyl (C=O) groups is 1. The number of rotatable bonds is 0. The Morgan fingerprint density at radius 2 is 2.38 bits per heavy atom. The second kappa shape index (κ2) is 1.77. The highest BCUT2D eigenvalue weighted by Gasteiger charge is 2.19. The summed E-state index contributed by atoms with van der Waals surface area (Å²) < 4.78 is 9.42. The Morgan fingerprint density at radius 3 is 2.50 bits per heavy atom. The van der Waals surface area contributed by atoms with Crippen molar-refractivity contribution in [1.82, 2.24) is 0 Å². The first-order valence-electron chi connectivity index (χ1n) is 1.89. The standard InChI is InChI=1S/C3H3NO3S/c5-3-1-2-8(7)4(3)6/h1-2,4H. The Labute approximate surface area is 48.0 Å². The predicted octanol–water partition coefficient (Wildman–Crippen LogP) is -1.91. The van der Waals surface area contributed by atoms with Crippen LogP contribution in [0.3, 0.4) is 0 Å². The van der Waals surface area contributed by atoms with Crippen molar-refractivity contribution in [2.75, 3.05) is 0 Å². The van der Waals surface area contributed by atoms with E-state index in [2.05, 4.69) is 0 Å². The van der Waals surface area contributed by atoms with Gasteiger partial charge < -0.3 is 5.21 Å². The lowest BCUT2D eigenvalue weighted by molar-refractivity contribution is -0.605. The number of hydrogen-bond donors (Lipinski definition) is 1. The van der Waals surface area contributed by atoms with Crippen LogP contribution in [0.25, 0.3) is 0 Å². The van der Waals surface area contributed by atoms with E-state index in [0.29, 0.717) is 0 Å². The third kappa shape index (κ3) is 0.706. The fourth-order valence-electron chi connectivity index (χ4n) is 0.353. The molecule has 44 valence electrons. The first-order valence-corrected chi connectivity index (χ1v) is 3.10. The zero-order valence-corrected chi connectivity index (χ0v) is 4.60. The first kappa shape index (κ1) is 5.61. The summed E-state index contributed by atoms with van der Waals surface area (Å²) in [6, 6.07) is 0. The van der Waals surface area contributed by atoms with Crippen molar-refractivity contribution < 1.29 is 13.5 Å². The lowest BCUT2D eigenvalue weighted by Crippen LogP contribution is -3.07. The molecule has 1 aliphatic rings. The molecule has 5 heteroatoms. The Kier molecular flexibility index (Phi) is 1.24. The molecule has 0 saturated carbocycles. The number of amides is 1. The molecular formula is C3H3NO3S. The lowest BCUT2D eigenvalue weighted by Gasteiger charge is -2.06. The van der Waals surface area contributed by atoms with Crippen molar-refractivity contribution in [3.05, 3.63) is 16.7 Å². The molecule has 1 aliphatic heterocycles. The summed E-state index contributed by atoms with van der Waals surface area (Å²) in [5, 5.41) is 11.3. The highest BCUT2D eigenvalue weighted by atomic mass is 32.2. The summed E-state index contributed by atoms with van der Waals surface area (Å²) in [5.74, 6) is -0.664. The van der Waals surface area contributed by atoms with Crippen LogP contribution in [0.4, 0.5) is 0 Å². The zero-order valence-electron chi connectivity index (χ0n) is 3.79. The molecule has 1 heterocycles. The lowest BCUT2D eigenvalue weighted by atomic mass is 10.6. The highest BCUT2D eigenvalue weighted by molar-refractivity contribution is 7.82. The van der Waals surface area contributed by atoms with Gasteiger partial charge in [-0.05, 0) is 0 Å². The van der Waals surface area contributed by atoms with Gasteiger partial charge in [0, 0.05) is 0 Å². The average Bonchev–Trinajstić information content (AvgIpc) is 1.98. The molecule has 1 amide bonds. The van der Waals surface area contributed by atoms with Crippen LogP contribution in [0, 0.1) is 5.21 Å². The zero-order chi connectivity index (χ0) is 6.15. The van der Waals surface area contributed by atoms with E-state index < -0.39 is 21.4 Å². The summed E-state index contributed by atoms with van der Waals surface area (Å²) >= 11 is 0. The SMILES string of the molecule is O=C1C=CS(=O)[NH+]1[O-]. The maximum atomic E-state index is 10.2. The van der Waals surface area contributed by atoms with Crippen LogP contribution in [0.15, 0.2) is 11.5 Å². The summed E-state index contributed by atoms with van der Waals surface area (Å²) in [5.41, 5.74) is 0. The monoisotopic (exact) mass is 133 g/mol. The minimum absolute atomic E-state index is 0.664.